The molecule has 0 rings (SSSR count). The van der Waals surface area contributed by atoms with Crippen LogP contribution in [0.25, 0.3) is 0 Å². The summed E-state index contributed by atoms with van der Waals surface area (Å²) in [6.45, 7) is 4.55. The first-order valence-electron chi connectivity index (χ1n) is 7.26. The molecule has 2 heteroatoms. The van der Waals surface area contributed by atoms with E-state index in [1.165, 1.54) is 25.7 Å². The topological polar surface area (TPSA) is 26.3 Å². The fraction of sp³-hybridized carbons (Fsp3) is 0.688. The lowest BCUT2D eigenvalue weighted by atomic mass is 10.2. The van der Waals surface area contributed by atoms with Crippen molar-refractivity contribution < 1.29 is 9.53 Å². The van der Waals surface area contributed by atoms with Crippen LogP contribution >= 0.6 is 0 Å². The van der Waals surface area contributed by atoms with E-state index < -0.39 is 0 Å². The largest absolute Gasteiger partial charge is 0.466 e. The highest BCUT2D eigenvalue weighted by atomic mass is 16.5. The summed E-state index contributed by atoms with van der Waals surface area (Å²) in [5.41, 5.74) is 0. The van der Waals surface area contributed by atoms with Crippen molar-refractivity contribution in [2.75, 3.05) is 6.61 Å². The molecule has 0 aliphatic heterocycles. The molecular weight excluding hydrogens is 224 g/mol. The van der Waals surface area contributed by atoms with Crippen molar-refractivity contribution in [1.29, 1.82) is 0 Å². The van der Waals surface area contributed by atoms with Crippen molar-refractivity contribution in [2.24, 2.45) is 0 Å². The molecule has 0 aromatic carbocycles. The van der Waals surface area contributed by atoms with Crippen LogP contribution in [0.5, 0.6) is 0 Å². The van der Waals surface area contributed by atoms with Crippen LogP contribution in [0.3, 0.4) is 0 Å². The van der Waals surface area contributed by atoms with Crippen LogP contribution in [0.2, 0.25) is 0 Å². The Labute approximate surface area is 112 Å². The molecule has 0 fully saturated rings. The lowest BCUT2D eigenvalue weighted by molar-refractivity contribution is -0.143. The maximum Gasteiger partial charge on any atom is 0.305 e. The molecule has 0 saturated heterocycles. The summed E-state index contributed by atoms with van der Waals surface area (Å²) in [6, 6.07) is 0. The Hall–Kier alpha value is -1.05. The summed E-state index contributed by atoms with van der Waals surface area (Å²) in [4.78, 5) is 11.0. The molecule has 0 N–H and O–H groups in total. The standard InChI is InChI=1S/C16H28O2/c1-3-5-6-7-8-9-10-11-12-13-14-15-16(17)18-4-2/h8-9,11-12H,3-7,10,13-15H2,1-2H3/b9-8-,12-11-. The molecule has 0 atom stereocenters. The lowest BCUT2D eigenvalue weighted by Crippen LogP contribution is -2.02. The second kappa shape index (κ2) is 14.0. The van der Waals surface area contributed by atoms with Crippen molar-refractivity contribution in [3.8, 4) is 0 Å². The number of hydrogen-bond donors (Lipinski definition) is 0. The fourth-order valence-corrected chi connectivity index (χ4v) is 1.62. The second-order valence-corrected chi connectivity index (χ2v) is 4.37. The van der Waals surface area contributed by atoms with Crippen molar-refractivity contribution in [2.45, 2.75) is 65.2 Å². The Morgan fingerprint density at radius 2 is 1.61 bits per heavy atom. The summed E-state index contributed by atoms with van der Waals surface area (Å²) < 4.78 is 4.86. The van der Waals surface area contributed by atoms with Crippen LogP contribution in [-0.4, -0.2) is 12.6 Å². The highest BCUT2D eigenvalue weighted by Gasteiger charge is 1.98. The molecule has 0 saturated carbocycles. The zero-order valence-corrected chi connectivity index (χ0v) is 12.0. The van der Waals surface area contributed by atoms with Crippen LogP contribution in [0.1, 0.15) is 65.2 Å². The average molecular weight is 252 g/mol. The highest BCUT2D eigenvalue weighted by Crippen LogP contribution is 2.02. The molecule has 0 aliphatic carbocycles. The number of ether oxygens (including phenoxy) is 1. The minimum atomic E-state index is -0.0817. The molecule has 0 aromatic rings. The molecule has 0 heterocycles. The van der Waals surface area contributed by atoms with E-state index in [0.29, 0.717) is 13.0 Å². The van der Waals surface area contributed by atoms with Gasteiger partial charge in [0, 0.05) is 6.42 Å². The molecule has 0 spiro atoms. The first kappa shape index (κ1) is 16.9. The van der Waals surface area contributed by atoms with E-state index in [9.17, 15) is 4.79 Å². The van der Waals surface area contributed by atoms with Gasteiger partial charge in [-0.1, -0.05) is 44.1 Å². The highest BCUT2D eigenvalue weighted by molar-refractivity contribution is 5.69. The van der Waals surface area contributed by atoms with Crippen LogP contribution in [-0.2, 0) is 9.53 Å². The Bertz CT molecular complexity index is 241. The van der Waals surface area contributed by atoms with Crippen LogP contribution < -0.4 is 0 Å². The smallest absolute Gasteiger partial charge is 0.305 e. The molecule has 0 unspecified atom stereocenters. The van der Waals surface area contributed by atoms with Gasteiger partial charge >= 0.3 is 5.97 Å². The summed E-state index contributed by atoms with van der Waals surface area (Å²) >= 11 is 0. The second-order valence-electron chi connectivity index (χ2n) is 4.37. The third-order valence-electron chi connectivity index (χ3n) is 2.64. The van der Waals surface area contributed by atoms with Gasteiger partial charge in [-0.3, -0.25) is 4.79 Å². The van der Waals surface area contributed by atoms with Gasteiger partial charge in [0.1, 0.15) is 0 Å². The van der Waals surface area contributed by atoms with E-state index in [1.54, 1.807) is 0 Å². The minimum Gasteiger partial charge on any atom is -0.466 e. The molecule has 0 aromatic heterocycles. The van der Waals surface area contributed by atoms with Gasteiger partial charge in [0.05, 0.1) is 6.61 Å². The summed E-state index contributed by atoms with van der Waals surface area (Å²) in [5, 5.41) is 0. The number of unbranched alkanes of at least 4 members (excludes halogenated alkanes) is 4. The van der Waals surface area contributed by atoms with Crippen LogP contribution in [0.15, 0.2) is 24.3 Å². The Morgan fingerprint density at radius 3 is 2.22 bits per heavy atom. The number of carbonyl (C=O) groups excluding carboxylic acids is 1. The first-order valence-corrected chi connectivity index (χ1v) is 7.26. The molecule has 0 aliphatic rings. The van der Waals surface area contributed by atoms with E-state index in [4.69, 9.17) is 4.74 Å². The SMILES string of the molecule is CCCCC/C=C\C/C=C\CCCC(=O)OCC. The summed E-state index contributed by atoms with van der Waals surface area (Å²) in [6.07, 6.45) is 17.3. The number of carbonyl (C=O) groups is 1. The van der Waals surface area contributed by atoms with Crippen LogP contribution in [0, 0.1) is 0 Å². The van der Waals surface area contributed by atoms with E-state index in [1.807, 2.05) is 6.92 Å². The molecule has 104 valence electrons. The van der Waals surface area contributed by atoms with Crippen molar-refractivity contribution >= 4 is 5.97 Å². The predicted octanol–water partition coefficient (Wildman–Crippen LogP) is 4.80. The van der Waals surface area contributed by atoms with Gasteiger partial charge in [0.25, 0.3) is 0 Å². The van der Waals surface area contributed by atoms with Gasteiger partial charge in [-0.2, -0.15) is 0 Å². The zero-order valence-electron chi connectivity index (χ0n) is 12.0. The Kier molecular flexibility index (Phi) is 13.2. The number of rotatable bonds is 11. The molecule has 0 amide bonds. The monoisotopic (exact) mass is 252 g/mol. The number of hydrogen-bond acceptors (Lipinski definition) is 2. The number of allylic oxidation sites excluding steroid dienone is 4. The molecule has 0 bridgehead atoms. The molecule has 2 nitrogen and oxygen atoms in total. The van der Waals surface area contributed by atoms with Crippen molar-refractivity contribution in [1.82, 2.24) is 0 Å². The van der Waals surface area contributed by atoms with Gasteiger partial charge in [-0.15, -0.1) is 0 Å². The van der Waals surface area contributed by atoms with Crippen molar-refractivity contribution in [3.05, 3.63) is 24.3 Å². The van der Waals surface area contributed by atoms with Crippen molar-refractivity contribution in [3.63, 3.8) is 0 Å². The maximum absolute atomic E-state index is 11.0. The third-order valence-corrected chi connectivity index (χ3v) is 2.64. The van der Waals surface area contributed by atoms with Gasteiger partial charge in [-0.05, 0) is 39.0 Å². The molecule has 0 radical (unpaired) electrons. The quantitative estimate of drug-likeness (QED) is 0.300. The van der Waals surface area contributed by atoms with Gasteiger partial charge < -0.3 is 4.74 Å². The van der Waals surface area contributed by atoms with Gasteiger partial charge in [0.2, 0.25) is 0 Å². The van der Waals surface area contributed by atoms with E-state index in [-0.39, 0.29) is 5.97 Å². The Balaban J connectivity index is 3.30. The third kappa shape index (κ3) is 13.0. The lowest BCUT2D eigenvalue weighted by Gasteiger charge is -1.98. The molecule has 18 heavy (non-hydrogen) atoms. The van der Waals surface area contributed by atoms with Gasteiger partial charge in [-0.25, -0.2) is 0 Å². The zero-order chi connectivity index (χ0) is 13.5. The first-order chi connectivity index (χ1) is 8.81. The fourth-order valence-electron chi connectivity index (χ4n) is 1.62. The normalized spacial score (nSPS) is 11.4. The summed E-state index contributed by atoms with van der Waals surface area (Å²) in [5.74, 6) is -0.0817. The number of esters is 1. The van der Waals surface area contributed by atoms with E-state index >= 15 is 0 Å². The predicted molar refractivity (Wildman–Crippen MR) is 77.5 cm³/mol. The van der Waals surface area contributed by atoms with E-state index in [2.05, 4.69) is 31.2 Å². The Morgan fingerprint density at radius 1 is 0.944 bits per heavy atom. The van der Waals surface area contributed by atoms with Gasteiger partial charge in [0.15, 0.2) is 0 Å². The van der Waals surface area contributed by atoms with Crippen LogP contribution in [0.4, 0.5) is 0 Å². The minimum absolute atomic E-state index is 0.0817. The molecular formula is C16H28O2. The maximum atomic E-state index is 11.0. The van der Waals surface area contributed by atoms with E-state index in [0.717, 1.165) is 19.3 Å². The average Bonchev–Trinajstić information content (AvgIpc) is 2.36. The summed E-state index contributed by atoms with van der Waals surface area (Å²) in [7, 11) is 0.